The van der Waals surface area contributed by atoms with E-state index < -0.39 is 0 Å². The molecule has 0 saturated heterocycles. The number of unbranched alkanes of at least 4 members (excludes halogenated alkanes) is 1. The Balaban J connectivity index is 2.34. The van der Waals surface area contributed by atoms with Gasteiger partial charge in [0.15, 0.2) is 0 Å². The molecule has 0 fully saturated rings. The molecule has 0 radical (unpaired) electrons. The van der Waals surface area contributed by atoms with Crippen molar-refractivity contribution in [2.24, 2.45) is 5.73 Å². The lowest BCUT2D eigenvalue weighted by Crippen LogP contribution is -2.21. The summed E-state index contributed by atoms with van der Waals surface area (Å²) in [7, 11) is 0. The number of aromatic nitrogens is 3. The SMILES string of the molecule is Cc1n[nH]c2c1c(=O)n(CCCCN)c1ccc(Br)cc21. The maximum Gasteiger partial charge on any atom is 0.262 e. The average Bonchev–Trinajstić information content (AvgIpc) is 2.85. The van der Waals surface area contributed by atoms with E-state index in [9.17, 15) is 4.79 Å². The molecule has 2 heterocycles. The zero-order valence-electron chi connectivity index (χ0n) is 11.8. The number of halogens is 1. The van der Waals surface area contributed by atoms with Crippen LogP contribution in [0.2, 0.25) is 0 Å². The van der Waals surface area contributed by atoms with E-state index in [1.165, 1.54) is 0 Å². The summed E-state index contributed by atoms with van der Waals surface area (Å²) in [5.74, 6) is 0. The molecule has 5 nitrogen and oxygen atoms in total. The number of benzene rings is 1. The number of rotatable bonds is 4. The van der Waals surface area contributed by atoms with Crippen LogP contribution in [0, 0.1) is 6.92 Å². The summed E-state index contributed by atoms with van der Waals surface area (Å²) < 4.78 is 2.82. The Morgan fingerprint density at radius 3 is 2.95 bits per heavy atom. The molecular weight excluding hydrogens is 332 g/mol. The van der Waals surface area contributed by atoms with Gasteiger partial charge in [0.25, 0.3) is 5.56 Å². The van der Waals surface area contributed by atoms with Crippen molar-refractivity contribution in [2.75, 3.05) is 6.54 Å². The molecule has 0 aliphatic carbocycles. The van der Waals surface area contributed by atoms with Gasteiger partial charge >= 0.3 is 0 Å². The Hall–Kier alpha value is -1.66. The molecule has 21 heavy (non-hydrogen) atoms. The van der Waals surface area contributed by atoms with Crippen LogP contribution in [0.15, 0.2) is 27.5 Å². The second-order valence-electron chi connectivity index (χ2n) is 5.17. The number of pyridine rings is 1. The van der Waals surface area contributed by atoms with E-state index in [0.29, 0.717) is 18.5 Å². The van der Waals surface area contributed by atoms with Gasteiger partial charge in [0.05, 0.1) is 22.1 Å². The van der Waals surface area contributed by atoms with Gasteiger partial charge in [-0.3, -0.25) is 9.89 Å². The van der Waals surface area contributed by atoms with Crippen LogP contribution in [0.1, 0.15) is 18.5 Å². The van der Waals surface area contributed by atoms with Gasteiger partial charge in [0, 0.05) is 16.4 Å². The number of nitrogens with one attached hydrogen (secondary N) is 1. The summed E-state index contributed by atoms with van der Waals surface area (Å²) >= 11 is 3.49. The highest BCUT2D eigenvalue weighted by Crippen LogP contribution is 2.26. The second-order valence-corrected chi connectivity index (χ2v) is 6.09. The van der Waals surface area contributed by atoms with E-state index in [-0.39, 0.29) is 5.56 Å². The molecule has 0 bridgehead atoms. The first kappa shape index (κ1) is 14.3. The maximum absolute atomic E-state index is 12.8. The number of fused-ring (bicyclic) bond motifs is 3. The second kappa shape index (κ2) is 5.61. The normalized spacial score (nSPS) is 11.6. The highest BCUT2D eigenvalue weighted by Gasteiger charge is 2.14. The van der Waals surface area contributed by atoms with E-state index in [1.807, 2.05) is 29.7 Å². The standard InChI is InChI=1S/C15H17BrN4O/c1-9-13-14(19-18-9)11-8-10(16)4-5-12(11)20(15(13)21)7-3-2-6-17/h4-5,8H,2-3,6-7,17H2,1H3,(H,18,19). The Morgan fingerprint density at radius 2 is 2.19 bits per heavy atom. The number of hydrogen-bond donors (Lipinski definition) is 2. The lowest BCUT2D eigenvalue weighted by molar-refractivity contribution is 0.617. The minimum atomic E-state index is 0.0168. The fourth-order valence-corrected chi connectivity index (χ4v) is 3.07. The summed E-state index contributed by atoms with van der Waals surface area (Å²) in [6, 6.07) is 5.95. The van der Waals surface area contributed by atoms with Crippen LogP contribution in [0.5, 0.6) is 0 Å². The molecule has 2 aromatic heterocycles. The summed E-state index contributed by atoms with van der Waals surface area (Å²) in [5, 5.41) is 8.87. The average molecular weight is 349 g/mol. The molecule has 0 unspecified atom stereocenters. The first-order valence-corrected chi connectivity index (χ1v) is 7.79. The number of nitrogens with two attached hydrogens (primary N) is 1. The molecular formula is C15H17BrN4O. The lowest BCUT2D eigenvalue weighted by atomic mass is 10.1. The van der Waals surface area contributed by atoms with Gasteiger partial charge in [0.2, 0.25) is 0 Å². The van der Waals surface area contributed by atoms with Crippen LogP contribution in [-0.4, -0.2) is 21.3 Å². The number of aromatic amines is 1. The number of H-pyrrole nitrogens is 1. The van der Waals surface area contributed by atoms with Crippen LogP contribution in [-0.2, 0) is 6.54 Å². The smallest absolute Gasteiger partial charge is 0.262 e. The first-order chi connectivity index (χ1) is 10.1. The van der Waals surface area contributed by atoms with Gasteiger partial charge in [0.1, 0.15) is 0 Å². The molecule has 3 aromatic rings. The third-order valence-corrected chi connectivity index (χ3v) is 4.25. The van der Waals surface area contributed by atoms with Crippen LogP contribution < -0.4 is 11.3 Å². The Morgan fingerprint density at radius 1 is 1.38 bits per heavy atom. The molecule has 1 aromatic carbocycles. The summed E-state index contributed by atoms with van der Waals surface area (Å²) in [5.41, 5.74) is 8.05. The Bertz CT molecular complexity index is 865. The fraction of sp³-hybridized carbons (Fsp3) is 0.333. The molecule has 0 amide bonds. The number of aryl methyl sites for hydroxylation is 2. The van der Waals surface area contributed by atoms with Crippen LogP contribution >= 0.6 is 15.9 Å². The minimum absolute atomic E-state index is 0.0168. The van der Waals surface area contributed by atoms with Crippen molar-refractivity contribution in [1.29, 1.82) is 0 Å². The predicted molar refractivity (Wildman–Crippen MR) is 88.6 cm³/mol. The van der Waals surface area contributed by atoms with Gasteiger partial charge in [-0.1, -0.05) is 15.9 Å². The molecule has 0 aliphatic heterocycles. The van der Waals surface area contributed by atoms with Crippen LogP contribution in [0.25, 0.3) is 21.8 Å². The van der Waals surface area contributed by atoms with Gasteiger partial charge < -0.3 is 10.3 Å². The third-order valence-electron chi connectivity index (χ3n) is 3.76. The Labute approximate surface area is 130 Å². The monoisotopic (exact) mass is 348 g/mol. The molecule has 0 saturated carbocycles. The zero-order valence-corrected chi connectivity index (χ0v) is 13.4. The molecule has 3 N–H and O–H groups in total. The lowest BCUT2D eigenvalue weighted by Gasteiger charge is -2.11. The highest BCUT2D eigenvalue weighted by atomic mass is 79.9. The quantitative estimate of drug-likeness (QED) is 0.711. The predicted octanol–water partition coefficient (Wildman–Crippen LogP) is 2.69. The van der Waals surface area contributed by atoms with Crippen molar-refractivity contribution in [3.8, 4) is 0 Å². The van der Waals surface area contributed by atoms with Crippen LogP contribution in [0.3, 0.4) is 0 Å². The fourth-order valence-electron chi connectivity index (χ4n) is 2.71. The highest BCUT2D eigenvalue weighted by molar-refractivity contribution is 9.10. The summed E-state index contributed by atoms with van der Waals surface area (Å²) in [4.78, 5) is 12.8. The minimum Gasteiger partial charge on any atom is -0.330 e. The summed E-state index contributed by atoms with van der Waals surface area (Å²) in [6.45, 7) is 3.17. The van der Waals surface area contributed by atoms with Crippen molar-refractivity contribution in [1.82, 2.24) is 14.8 Å². The van der Waals surface area contributed by atoms with Gasteiger partial charge in [-0.25, -0.2) is 0 Å². The maximum atomic E-state index is 12.8. The van der Waals surface area contributed by atoms with E-state index >= 15 is 0 Å². The molecule has 0 atom stereocenters. The number of hydrogen-bond acceptors (Lipinski definition) is 3. The molecule has 3 rings (SSSR count). The van der Waals surface area contributed by atoms with E-state index in [4.69, 9.17) is 5.73 Å². The van der Waals surface area contributed by atoms with Gasteiger partial charge in [-0.05, 0) is 44.5 Å². The van der Waals surface area contributed by atoms with Crippen molar-refractivity contribution >= 4 is 37.7 Å². The molecule has 6 heteroatoms. The third kappa shape index (κ3) is 2.38. The van der Waals surface area contributed by atoms with E-state index in [1.54, 1.807) is 0 Å². The molecule has 0 aliphatic rings. The largest absolute Gasteiger partial charge is 0.330 e. The van der Waals surface area contributed by atoms with Crippen molar-refractivity contribution in [3.05, 3.63) is 38.7 Å². The van der Waals surface area contributed by atoms with Crippen molar-refractivity contribution in [3.63, 3.8) is 0 Å². The zero-order chi connectivity index (χ0) is 15.0. The summed E-state index contributed by atoms with van der Waals surface area (Å²) in [6.07, 6.45) is 1.80. The van der Waals surface area contributed by atoms with Crippen molar-refractivity contribution < 1.29 is 0 Å². The van der Waals surface area contributed by atoms with Gasteiger partial charge in [-0.2, -0.15) is 5.10 Å². The van der Waals surface area contributed by atoms with Gasteiger partial charge in [-0.15, -0.1) is 0 Å². The van der Waals surface area contributed by atoms with E-state index in [0.717, 1.165) is 39.4 Å². The number of nitrogens with zero attached hydrogens (tertiary/aromatic N) is 2. The Kier molecular flexibility index (Phi) is 3.82. The topological polar surface area (TPSA) is 76.7 Å². The van der Waals surface area contributed by atoms with E-state index in [2.05, 4.69) is 26.1 Å². The molecule has 0 spiro atoms. The first-order valence-electron chi connectivity index (χ1n) is 7.00. The van der Waals surface area contributed by atoms with Crippen molar-refractivity contribution in [2.45, 2.75) is 26.3 Å². The molecule has 110 valence electrons. The van der Waals surface area contributed by atoms with Crippen LogP contribution in [0.4, 0.5) is 0 Å².